The molecule has 1 aliphatic heterocycles. The van der Waals surface area contributed by atoms with Crippen molar-refractivity contribution >= 4 is 0 Å². The summed E-state index contributed by atoms with van der Waals surface area (Å²) < 4.78 is 31.5. The number of nitriles is 1. The highest BCUT2D eigenvalue weighted by molar-refractivity contribution is 5.22. The Bertz CT molecular complexity index is 447. The van der Waals surface area contributed by atoms with Crippen LogP contribution in [-0.4, -0.2) is 13.2 Å². The molecular formula is C13H13F2NO. The van der Waals surface area contributed by atoms with Gasteiger partial charge in [0.25, 0.3) is 0 Å². The van der Waals surface area contributed by atoms with Crippen LogP contribution in [0, 0.1) is 28.4 Å². The van der Waals surface area contributed by atoms with Crippen molar-refractivity contribution in [2.45, 2.75) is 19.3 Å². The van der Waals surface area contributed by atoms with Gasteiger partial charge in [-0.15, -0.1) is 0 Å². The van der Waals surface area contributed by atoms with Gasteiger partial charge in [0.15, 0.2) is 0 Å². The third-order valence-electron chi connectivity index (χ3n) is 3.23. The first-order valence-corrected chi connectivity index (χ1v) is 5.58. The zero-order valence-electron chi connectivity index (χ0n) is 9.38. The van der Waals surface area contributed by atoms with Gasteiger partial charge in [-0.1, -0.05) is 6.07 Å². The van der Waals surface area contributed by atoms with Crippen molar-refractivity contribution < 1.29 is 13.5 Å². The van der Waals surface area contributed by atoms with E-state index in [4.69, 9.17) is 4.74 Å². The fourth-order valence-electron chi connectivity index (χ4n) is 2.12. The van der Waals surface area contributed by atoms with Gasteiger partial charge in [-0.25, -0.2) is 8.78 Å². The molecule has 0 aromatic heterocycles. The summed E-state index contributed by atoms with van der Waals surface area (Å²) in [5.41, 5.74) is -0.174. The second kappa shape index (κ2) is 4.80. The zero-order chi connectivity index (χ0) is 12.3. The predicted molar refractivity (Wildman–Crippen MR) is 58.2 cm³/mol. The van der Waals surface area contributed by atoms with Crippen LogP contribution >= 0.6 is 0 Å². The number of benzene rings is 1. The van der Waals surface area contributed by atoms with E-state index in [9.17, 15) is 14.0 Å². The van der Waals surface area contributed by atoms with E-state index in [2.05, 4.69) is 6.07 Å². The Morgan fingerprint density at radius 3 is 2.59 bits per heavy atom. The van der Waals surface area contributed by atoms with Crippen LogP contribution in [0.3, 0.4) is 0 Å². The predicted octanol–water partition coefficient (Wildman–Crippen LogP) is 2.83. The van der Waals surface area contributed by atoms with E-state index in [0.29, 0.717) is 38.0 Å². The van der Waals surface area contributed by atoms with Gasteiger partial charge in [-0.3, -0.25) is 0 Å². The summed E-state index contributed by atoms with van der Waals surface area (Å²) in [6, 6.07) is 5.77. The lowest BCUT2D eigenvalue weighted by atomic mass is 9.76. The molecule has 4 heteroatoms. The highest BCUT2D eigenvalue weighted by Crippen LogP contribution is 2.34. The fourth-order valence-corrected chi connectivity index (χ4v) is 2.12. The highest BCUT2D eigenvalue weighted by atomic mass is 19.1. The second-order valence-electron chi connectivity index (χ2n) is 4.42. The van der Waals surface area contributed by atoms with Crippen LogP contribution in [0.25, 0.3) is 0 Å². The first-order valence-electron chi connectivity index (χ1n) is 5.58. The zero-order valence-corrected chi connectivity index (χ0v) is 9.38. The molecule has 1 aromatic rings. The fraction of sp³-hybridized carbons (Fsp3) is 0.462. The molecule has 1 heterocycles. The van der Waals surface area contributed by atoms with Crippen molar-refractivity contribution in [3.05, 3.63) is 35.4 Å². The highest BCUT2D eigenvalue weighted by Gasteiger charge is 2.33. The maximum atomic E-state index is 13.5. The Kier molecular flexibility index (Phi) is 3.39. The lowest BCUT2D eigenvalue weighted by molar-refractivity contribution is 0.0403. The Morgan fingerprint density at radius 2 is 2.00 bits per heavy atom. The van der Waals surface area contributed by atoms with E-state index in [0.717, 1.165) is 6.07 Å². The second-order valence-corrected chi connectivity index (χ2v) is 4.42. The average Bonchev–Trinajstić information content (AvgIpc) is 2.34. The molecule has 0 spiro atoms. The molecule has 2 nitrogen and oxygen atoms in total. The Hall–Kier alpha value is -1.47. The molecule has 17 heavy (non-hydrogen) atoms. The summed E-state index contributed by atoms with van der Waals surface area (Å²) in [6.45, 7) is 1.05. The quantitative estimate of drug-likeness (QED) is 0.792. The van der Waals surface area contributed by atoms with Crippen LogP contribution in [0.5, 0.6) is 0 Å². The minimum atomic E-state index is -0.593. The van der Waals surface area contributed by atoms with E-state index in [1.54, 1.807) is 0 Å². The Labute approximate surface area is 98.8 Å². The van der Waals surface area contributed by atoms with Crippen LogP contribution in [0.1, 0.15) is 18.4 Å². The van der Waals surface area contributed by atoms with Crippen LogP contribution in [0.4, 0.5) is 8.78 Å². The number of hydrogen-bond donors (Lipinski definition) is 0. The maximum absolute atomic E-state index is 13.5. The van der Waals surface area contributed by atoms with Gasteiger partial charge >= 0.3 is 0 Å². The Balaban J connectivity index is 2.21. The molecule has 2 rings (SSSR count). The lowest BCUT2D eigenvalue weighted by Gasteiger charge is -2.30. The van der Waals surface area contributed by atoms with Crippen LogP contribution in [0.15, 0.2) is 18.2 Å². The van der Waals surface area contributed by atoms with Crippen molar-refractivity contribution in [2.75, 3.05) is 13.2 Å². The van der Waals surface area contributed by atoms with Crippen molar-refractivity contribution in [3.8, 4) is 6.07 Å². The van der Waals surface area contributed by atoms with Gasteiger partial charge in [0.05, 0.1) is 11.5 Å². The molecule has 1 fully saturated rings. The smallest absolute Gasteiger partial charge is 0.129 e. The Morgan fingerprint density at radius 1 is 1.29 bits per heavy atom. The molecule has 0 aliphatic carbocycles. The first-order chi connectivity index (χ1) is 8.15. The van der Waals surface area contributed by atoms with E-state index < -0.39 is 17.0 Å². The summed E-state index contributed by atoms with van der Waals surface area (Å²) in [5, 5.41) is 9.25. The number of hydrogen-bond acceptors (Lipinski definition) is 2. The summed E-state index contributed by atoms with van der Waals surface area (Å²) in [5.74, 6) is -1.17. The SMILES string of the molecule is N#CC1(Cc2ccc(F)cc2F)CCOCC1. The van der Waals surface area contributed by atoms with E-state index in [-0.39, 0.29) is 0 Å². The molecule has 90 valence electrons. The minimum absolute atomic E-state index is 0.318. The van der Waals surface area contributed by atoms with Crippen LogP contribution in [0.2, 0.25) is 0 Å². The van der Waals surface area contributed by atoms with Crippen molar-refractivity contribution in [2.24, 2.45) is 5.41 Å². The molecule has 0 amide bonds. The summed E-state index contributed by atoms with van der Waals surface area (Å²) >= 11 is 0. The largest absolute Gasteiger partial charge is 0.381 e. The third kappa shape index (κ3) is 2.62. The molecule has 0 atom stereocenters. The molecule has 1 saturated heterocycles. The van der Waals surface area contributed by atoms with Gasteiger partial charge in [-0.05, 0) is 30.9 Å². The van der Waals surface area contributed by atoms with Crippen molar-refractivity contribution in [1.29, 1.82) is 5.26 Å². The first kappa shape index (κ1) is 12.0. The number of ether oxygens (including phenoxy) is 1. The lowest BCUT2D eigenvalue weighted by Crippen LogP contribution is -2.30. The van der Waals surface area contributed by atoms with E-state index >= 15 is 0 Å². The topological polar surface area (TPSA) is 33.0 Å². The van der Waals surface area contributed by atoms with Gasteiger partial charge < -0.3 is 4.74 Å². The van der Waals surface area contributed by atoms with Gasteiger partial charge in [0, 0.05) is 19.3 Å². The molecule has 0 saturated carbocycles. The standard InChI is InChI=1S/C13H13F2NO/c14-11-2-1-10(12(15)7-11)8-13(9-16)3-5-17-6-4-13/h1-2,7H,3-6,8H2. The number of rotatable bonds is 2. The maximum Gasteiger partial charge on any atom is 0.129 e. The van der Waals surface area contributed by atoms with E-state index in [1.165, 1.54) is 12.1 Å². The average molecular weight is 237 g/mol. The van der Waals surface area contributed by atoms with Crippen molar-refractivity contribution in [3.63, 3.8) is 0 Å². The molecular weight excluding hydrogens is 224 g/mol. The summed E-state index contributed by atoms with van der Waals surface area (Å²) in [4.78, 5) is 0. The molecule has 0 radical (unpaired) electrons. The van der Waals surface area contributed by atoms with Gasteiger partial charge in [-0.2, -0.15) is 5.26 Å². The van der Waals surface area contributed by atoms with Gasteiger partial charge in [0.2, 0.25) is 0 Å². The normalized spacial score (nSPS) is 18.6. The monoisotopic (exact) mass is 237 g/mol. The summed E-state index contributed by atoms with van der Waals surface area (Å²) in [7, 11) is 0. The summed E-state index contributed by atoms with van der Waals surface area (Å²) in [6.07, 6.45) is 1.51. The minimum Gasteiger partial charge on any atom is -0.381 e. The number of nitrogens with zero attached hydrogens (tertiary/aromatic N) is 1. The van der Waals surface area contributed by atoms with Crippen molar-refractivity contribution in [1.82, 2.24) is 0 Å². The van der Waals surface area contributed by atoms with E-state index in [1.807, 2.05) is 0 Å². The van der Waals surface area contributed by atoms with Crippen LogP contribution in [-0.2, 0) is 11.2 Å². The van der Waals surface area contributed by atoms with Crippen LogP contribution < -0.4 is 0 Å². The number of halogens is 2. The molecule has 0 bridgehead atoms. The molecule has 0 unspecified atom stereocenters. The molecule has 1 aromatic carbocycles. The van der Waals surface area contributed by atoms with Gasteiger partial charge in [0.1, 0.15) is 11.6 Å². The third-order valence-corrected chi connectivity index (χ3v) is 3.23. The molecule has 0 N–H and O–H groups in total. The molecule has 1 aliphatic rings.